The molecule has 0 aliphatic carbocycles. The number of benzene rings is 1. The highest BCUT2D eigenvalue weighted by atomic mass is 16.3. The van der Waals surface area contributed by atoms with E-state index >= 15 is 0 Å². The van der Waals surface area contributed by atoms with Gasteiger partial charge in [-0.25, -0.2) is 0 Å². The maximum absolute atomic E-state index is 11.8. The molecule has 5 nitrogen and oxygen atoms in total. The number of aryl methyl sites for hydroxylation is 1. The fourth-order valence-corrected chi connectivity index (χ4v) is 1.78. The van der Waals surface area contributed by atoms with Crippen LogP contribution in [0.25, 0.3) is 0 Å². The van der Waals surface area contributed by atoms with Gasteiger partial charge < -0.3 is 16.2 Å². The minimum absolute atomic E-state index is 0.106. The highest BCUT2D eigenvalue weighted by molar-refractivity contribution is 5.93. The number of aliphatic hydroxyl groups excluding tert-OH is 1. The Balaban J connectivity index is 2.54. The molecule has 1 rings (SSSR count). The van der Waals surface area contributed by atoms with Gasteiger partial charge in [-0.15, -0.1) is 0 Å². The molecule has 0 saturated carbocycles. The van der Waals surface area contributed by atoms with Crippen molar-refractivity contribution in [3.8, 4) is 0 Å². The summed E-state index contributed by atoms with van der Waals surface area (Å²) in [4.78, 5) is 13.5. The first kappa shape index (κ1) is 14.5. The predicted molar refractivity (Wildman–Crippen MR) is 73.4 cm³/mol. The van der Waals surface area contributed by atoms with Crippen LogP contribution < -0.4 is 11.1 Å². The molecular weight excluding hydrogens is 230 g/mol. The summed E-state index contributed by atoms with van der Waals surface area (Å²) in [6, 6.07) is 5.36. The Labute approximate surface area is 108 Å². The minimum Gasteiger partial charge on any atom is -0.399 e. The van der Waals surface area contributed by atoms with Crippen LogP contribution in [0.2, 0.25) is 0 Å². The van der Waals surface area contributed by atoms with Crippen molar-refractivity contribution >= 4 is 17.3 Å². The molecule has 0 spiro atoms. The van der Waals surface area contributed by atoms with E-state index < -0.39 is 6.10 Å². The number of nitrogen functional groups attached to an aromatic ring is 1. The van der Waals surface area contributed by atoms with Gasteiger partial charge in [0.2, 0.25) is 5.91 Å². The fourth-order valence-electron chi connectivity index (χ4n) is 1.78. The molecule has 0 saturated heterocycles. The summed E-state index contributed by atoms with van der Waals surface area (Å²) in [6.07, 6.45) is -0.443. The zero-order chi connectivity index (χ0) is 13.7. The number of nitrogens with one attached hydrogen (secondary N) is 1. The number of nitrogens with two attached hydrogens (primary N) is 1. The summed E-state index contributed by atoms with van der Waals surface area (Å²) >= 11 is 0. The van der Waals surface area contributed by atoms with E-state index in [2.05, 4.69) is 5.32 Å². The van der Waals surface area contributed by atoms with E-state index in [9.17, 15) is 9.90 Å². The van der Waals surface area contributed by atoms with Gasteiger partial charge in [0.05, 0.1) is 12.6 Å². The minimum atomic E-state index is -0.443. The number of carbonyl (C=O) groups is 1. The van der Waals surface area contributed by atoms with Crippen LogP contribution in [-0.4, -0.2) is 42.2 Å². The van der Waals surface area contributed by atoms with Crippen molar-refractivity contribution in [3.63, 3.8) is 0 Å². The van der Waals surface area contributed by atoms with Gasteiger partial charge in [-0.3, -0.25) is 9.69 Å². The molecule has 1 amide bonds. The van der Waals surface area contributed by atoms with Crippen LogP contribution in [0.5, 0.6) is 0 Å². The first-order valence-corrected chi connectivity index (χ1v) is 5.91. The van der Waals surface area contributed by atoms with Crippen LogP contribution in [0.1, 0.15) is 12.5 Å². The lowest BCUT2D eigenvalue weighted by atomic mass is 10.2. The van der Waals surface area contributed by atoms with E-state index in [1.165, 1.54) is 0 Å². The molecule has 0 bridgehead atoms. The molecular formula is C13H21N3O2. The second-order valence-electron chi connectivity index (χ2n) is 4.67. The molecule has 1 atom stereocenters. The first-order chi connectivity index (χ1) is 8.38. The molecule has 0 aliphatic heterocycles. The quantitative estimate of drug-likeness (QED) is 0.677. The van der Waals surface area contributed by atoms with Crippen molar-refractivity contribution in [2.75, 3.05) is 31.2 Å². The van der Waals surface area contributed by atoms with Crippen LogP contribution in [0, 0.1) is 6.92 Å². The lowest BCUT2D eigenvalue weighted by Crippen LogP contribution is -2.34. The molecule has 0 aromatic heterocycles. The average Bonchev–Trinajstić information content (AvgIpc) is 2.20. The fraction of sp³-hybridized carbons (Fsp3) is 0.462. The summed E-state index contributed by atoms with van der Waals surface area (Å²) in [5, 5.41) is 12.0. The maximum Gasteiger partial charge on any atom is 0.238 e. The van der Waals surface area contributed by atoms with E-state index in [4.69, 9.17) is 5.73 Å². The third-order valence-corrected chi connectivity index (χ3v) is 2.51. The normalized spacial score (nSPS) is 12.5. The van der Waals surface area contributed by atoms with Crippen LogP contribution in [0.4, 0.5) is 11.4 Å². The van der Waals surface area contributed by atoms with Crippen molar-refractivity contribution in [1.82, 2.24) is 4.90 Å². The van der Waals surface area contributed by atoms with Gasteiger partial charge in [0.25, 0.3) is 0 Å². The third kappa shape index (κ3) is 4.73. The van der Waals surface area contributed by atoms with Gasteiger partial charge in [0.15, 0.2) is 0 Å². The number of hydrogen-bond donors (Lipinski definition) is 3. The number of nitrogens with zero attached hydrogens (tertiary/aromatic N) is 1. The van der Waals surface area contributed by atoms with Crippen LogP contribution in [-0.2, 0) is 4.79 Å². The van der Waals surface area contributed by atoms with Crippen molar-refractivity contribution < 1.29 is 9.90 Å². The Bertz CT molecular complexity index is 419. The molecule has 1 aromatic rings. The first-order valence-electron chi connectivity index (χ1n) is 5.91. The van der Waals surface area contributed by atoms with Crippen molar-refractivity contribution in [2.45, 2.75) is 20.0 Å². The summed E-state index contributed by atoms with van der Waals surface area (Å²) in [5.74, 6) is -0.106. The average molecular weight is 251 g/mol. The molecule has 1 unspecified atom stereocenters. The Hall–Kier alpha value is -1.59. The molecule has 5 heteroatoms. The number of hydrogen-bond acceptors (Lipinski definition) is 4. The zero-order valence-electron chi connectivity index (χ0n) is 11.1. The molecule has 0 fully saturated rings. The monoisotopic (exact) mass is 251 g/mol. The van der Waals surface area contributed by atoms with Gasteiger partial charge in [0, 0.05) is 17.9 Å². The van der Waals surface area contributed by atoms with Crippen LogP contribution in [0.15, 0.2) is 18.2 Å². The zero-order valence-corrected chi connectivity index (χ0v) is 11.1. The summed E-state index contributed by atoms with van der Waals surface area (Å²) in [5.41, 5.74) is 8.02. The largest absolute Gasteiger partial charge is 0.399 e. The summed E-state index contributed by atoms with van der Waals surface area (Å²) in [6.45, 7) is 4.30. The second kappa shape index (κ2) is 6.37. The van der Waals surface area contributed by atoms with Crippen LogP contribution in [0.3, 0.4) is 0 Å². The topological polar surface area (TPSA) is 78.6 Å². The van der Waals surface area contributed by atoms with Crippen molar-refractivity contribution in [2.24, 2.45) is 0 Å². The molecule has 0 heterocycles. The van der Waals surface area contributed by atoms with Gasteiger partial charge in [0.1, 0.15) is 0 Å². The molecule has 4 N–H and O–H groups in total. The van der Waals surface area contributed by atoms with Crippen molar-refractivity contribution in [3.05, 3.63) is 23.8 Å². The number of carbonyl (C=O) groups excluding carboxylic acids is 1. The molecule has 0 radical (unpaired) electrons. The summed E-state index contributed by atoms with van der Waals surface area (Å²) in [7, 11) is 1.79. The molecule has 1 aromatic carbocycles. The molecule has 0 aliphatic rings. The van der Waals surface area contributed by atoms with Gasteiger partial charge in [-0.05, 0) is 44.7 Å². The standard InChI is InChI=1S/C13H21N3O2/c1-9-6-11(14)4-5-12(9)15-13(18)8-16(3)7-10(2)17/h4-6,10,17H,7-8,14H2,1-3H3,(H,15,18). The molecule has 100 valence electrons. The van der Waals surface area contributed by atoms with Gasteiger partial charge in [-0.1, -0.05) is 0 Å². The predicted octanol–water partition coefficient (Wildman–Crippen LogP) is 0.828. The third-order valence-electron chi connectivity index (χ3n) is 2.51. The van der Waals surface area contributed by atoms with E-state index in [-0.39, 0.29) is 12.5 Å². The SMILES string of the molecule is Cc1cc(N)ccc1NC(=O)CN(C)CC(C)O. The van der Waals surface area contributed by atoms with Gasteiger partial charge in [-0.2, -0.15) is 0 Å². The summed E-state index contributed by atoms with van der Waals surface area (Å²) < 4.78 is 0. The van der Waals surface area contributed by atoms with E-state index in [1.807, 2.05) is 13.0 Å². The van der Waals surface area contributed by atoms with E-state index in [0.717, 1.165) is 11.3 Å². The second-order valence-corrected chi connectivity index (χ2v) is 4.67. The Kier molecular flexibility index (Phi) is 5.12. The number of anilines is 2. The molecule has 18 heavy (non-hydrogen) atoms. The maximum atomic E-state index is 11.8. The van der Waals surface area contributed by atoms with Gasteiger partial charge >= 0.3 is 0 Å². The van der Waals surface area contributed by atoms with Crippen LogP contribution >= 0.6 is 0 Å². The number of amides is 1. The van der Waals surface area contributed by atoms with Crippen molar-refractivity contribution in [1.29, 1.82) is 0 Å². The highest BCUT2D eigenvalue weighted by Crippen LogP contribution is 2.17. The smallest absolute Gasteiger partial charge is 0.238 e. The lowest BCUT2D eigenvalue weighted by Gasteiger charge is -2.18. The number of likely N-dealkylation sites (N-methyl/N-ethyl adjacent to an activating group) is 1. The Morgan fingerprint density at radius 2 is 2.22 bits per heavy atom. The Morgan fingerprint density at radius 3 is 2.78 bits per heavy atom. The highest BCUT2D eigenvalue weighted by Gasteiger charge is 2.09. The van der Waals surface area contributed by atoms with E-state index in [0.29, 0.717) is 12.2 Å². The lowest BCUT2D eigenvalue weighted by molar-refractivity contribution is -0.117. The number of rotatable bonds is 5. The Morgan fingerprint density at radius 1 is 1.56 bits per heavy atom. The number of aliphatic hydroxyl groups is 1. The van der Waals surface area contributed by atoms with E-state index in [1.54, 1.807) is 31.0 Å².